The van der Waals surface area contributed by atoms with E-state index >= 15 is 0 Å². The SMILES string of the molecule is C=C(NCc1ccc(F)cc1)Nc1ccc(CC(=O)N2CCC[C@H]2CCO)cc1. The number of rotatable bonds is 9. The summed E-state index contributed by atoms with van der Waals surface area (Å²) in [7, 11) is 0. The molecule has 154 valence electrons. The molecule has 1 atom stereocenters. The first-order valence-electron chi connectivity index (χ1n) is 9.98. The zero-order valence-corrected chi connectivity index (χ0v) is 16.5. The highest BCUT2D eigenvalue weighted by Gasteiger charge is 2.27. The number of nitrogens with one attached hydrogen (secondary N) is 2. The average Bonchev–Trinajstić information content (AvgIpc) is 3.18. The number of hydrogen-bond acceptors (Lipinski definition) is 4. The van der Waals surface area contributed by atoms with Crippen LogP contribution in [0.15, 0.2) is 60.9 Å². The summed E-state index contributed by atoms with van der Waals surface area (Å²) in [5.74, 6) is 0.506. The average molecular weight is 397 g/mol. The second-order valence-electron chi connectivity index (χ2n) is 7.35. The van der Waals surface area contributed by atoms with Crippen molar-refractivity contribution in [2.45, 2.75) is 38.3 Å². The molecule has 1 fully saturated rings. The van der Waals surface area contributed by atoms with Gasteiger partial charge in [0.2, 0.25) is 5.91 Å². The van der Waals surface area contributed by atoms with E-state index in [9.17, 15) is 9.18 Å². The highest BCUT2D eigenvalue weighted by molar-refractivity contribution is 5.79. The normalized spacial score (nSPS) is 15.9. The molecular weight excluding hydrogens is 369 g/mol. The Labute approximate surface area is 171 Å². The number of amides is 1. The van der Waals surface area contributed by atoms with Crippen molar-refractivity contribution in [2.24, 2.45) is 0 Å². The lowest BCUT2D eigenvalue weighted by Gasteiger charge is -2.24. The number of likely N-dealkylation sites (tertiary alicyclic amines) is 1. The number of aliphatic hydroxyl groups excluding tert-OH is 1. The van der Waals surface area contributed by atoms with Crippen LogP contribution in [-0.4, -0.2) is 35.1 Å². The lowest BCUT2D eigenvalue weighted by atomic mass is 10.1. The predicted molar refractivity (Wildman–Crippen MR) is 113 cm³/mol. The van der Waals surface area contributed by atoms with Crippen molar-refractivity contribution >= 4 is 11.6 Å². The standard InChI is InChI=1S/C23H28FN3O2/c1-17(25-16-19-4-8-20(24)9-5-19)26-21-10-6-18(7-11-21)15-23(29)27-13-2-3-22(27)12-14-28/h4-11,22,25-26,28H,1-3,12-16H2/t22-/m0/s1. The molecule has 0 spiro atoms. The largest absolute Gasteiger partial charge is 0.396 e. The molecule has 0 unspecified atom stereocenters. The van der Waals surface area contributed by atoms with Gasteiger partial charge in [0.15, 0.2) is 0 Å². The Hall–Kier alpha value is -2.86. The lowest BCUT2D eigenvalue weighted by molar-refractivity contribution is -0.131. The first-order chi connectivity index (χ1) is 14.0. The molecule has 3 rings (SSSR count). The molecular formula is C23H28FN3O2. The van der Waals surface area contributed by atoms with Crippen molar-refractivity contribution in [3.63, 3.8) is 0 Å². The Balaban J connectivity index is 1.47. The molecule has 1 saturated heterocycles. The van der Waals surface area contributed by atoms with Crippen molar-refractivity contribution < 1.29 is 14.3 Å². The Morgan fingerprint density at radius 1 is 1.14 bits per heavy atom. The summed E-state index contributed by atoms with van der Waals surface area (Å²) in [5, 5.41) is 15.5. The maximum absolute atomic E-state index is 12.9. The van der Waals surface area contributed by atoms with Crippen molar-refractivity contribution in [1.29, 1.82) is 0 Å². The van der Waals surface area contributed by atoms with Gasteiger partial charge in [0.05, 0.1) is 12.2 Å². The van der Waals surface area contributed by atoms with Gasteiger partial charge in [-0.2, -0.15) is 0 Å². The summed E-state index contributed by atoms with van der Waals surface area (Å²) >= 11 is 0. The van der Waals surface area contributed by atoms with E-state index in [4.69, 9.17) is 5.11 Å². The van der Waals surface area contributed by atoms with E-state index in [0.717, 1.165) is 36.2 Å². The molecule has 0 aromatic heterocycles. The number of carbonyl (C=O) groups excluding carboxylic acids is 1. The fourth-order valence-electron chi connectivity index (χ4n) is 3.62. The Morgan fingerprint density at radius 3 is 2.52 bits per heavy atom. The summed E-state index contributed by atoms with van der Waals surface area (Å²) < 4.78 is 12.9. The summed E-state index contributed by atoms with van der Waals surface area (Å²) in [4.78, 5) is 14.5. The maximum Gasteiger partial charge on any atom is 0.227 e. The van der Waals surface area contributed by atoms with Crippen molar-refractivity contribution in [3.8, 4) is 0 Å². The van der Waals surface area contributed by atoms with Crippen molar-refractivity contribution in [1.82, 2.24) is 10.2 Å². The van der Waals surface area contributed by atoms with E-state index < -0.39 is 0 Å². The van der Waals surface area contributed by atoms with E-state index in [1.165, 1.54) is 12.1 Å². The van der Waals surface area contributed by atoms with Gasteiger partial charge in [0, 0.05) is 31.4 Å². The van der Waals surface area contributed by atoms with Gasteiger partial charge in [-0.05, 0) is 54.7 Å². The van der Waals surface area contributed by atoms with E-state index in [1.807, 2.05) is 29.2 Å². The maximum atomic E-state index is 12.9. The number of carbonyl (C=O) groups is 1. The van der Waals surface area contributed by atoms with Gasteiger partial charge in [0.25, 0.3) is 0 Å². The molecule has 1 aliphatic rings. The number of hydrogen-bond donors (Lipinski definition) is 3. The minimum Gasteiger partial charge on any atom is -0.396 e. The van der Waals surface area contributed by atoms with E-state index in [2.05, 4.69) is 17.2 Å². The van der Waals surface area contributed by atoms with E-state index in [-0.39, 0.29) is 24.4 Å². The molecule has 1 heterocycles. The zero-order valence-electron chi connectivity index (χ0n) is 16.5. The summed E-state index contributed by atoms with van der Waals surface area (Å²) in [6, 6.07) is 14.2. The van der Waals surface area contributed by atoms with E-state index in [0.29, 0.717) is 25.2 Å². The fraction of sp³-hybridized carbons (Fsp3) is 0.348. The van der Waals surface area contributed by atoms with Gasteiger partial charge in [-0.3, -0.25) is 4.79 Å². The molecule has 1 aliphatic heterocycles. The minimum absolute atomic E-state index is 0.118. The first kappa shape index (κ1) is 20.9. The van der Waals surface area contributed by atoms with Crippen LogP contribution < -0.4 is 10.6 Å². The molecule has 0 saturated carbocycles. The predicted octanol–water partition coefficient (Wildman–Crippen LogP) is 3.41. The summed E-state index contributed by atoms with van der Waals surface area (Å²) in [6.45, 7) is 5.40. The third-order valence-corrected chi connectivity index (χ3v) is 5.18. The number of aliphatic hydroxyl groups is 1. The molecule has 1 amide bonds. The third-order valence-electron chi connectivity index (χ3n) is 5.18. The lowest BCUT2D eigenvalue weighted by Crippen LogP contribution is -2.37. The number of nitrogens with zero attached hydrogens (tertiary/aromatic N) is 1. The first-order valence-corrected chi connectivity index (χ1v) is 9.98. The third kappa shape index (κ3) is 6.06. The van der Waals surface area contributed by atoms with Gasteiger partial charge >= 0.3 is 0 Å². The van der Waals surface area contributed by atoms with Gasteiger partial charge in [0.1, 0.15) is 5.82 Å². The van der Waals surface area contributed by atoms with Crippen LogP contribution in [0.4, 0.5) is 10.1 Å². The van der Waals surface area contributed by atoms with Crippen LogP contribution in [0.2, 0.25) is 0 Å². The van der Waals surface area contributed by atoms with Crippen molar-refractivity contribution in [3.05, 3.63) is 77.9 Å². The molecule has 0 aliphatic carbocycles. The quantitative estimate of drug-likeness (QED) is 0.607. The summed E-state index contributed by atoms with van der Waals surface area (Å²) in [5.41, 5.74) is 2.79. The molecule has 3 N–H and O–H groups in total. The number of benzene rings is 2. The fourth-order valence-corrected chi connectivity index (χ4v) is 3.62. The van der Waals surface area contributed by atoms with Gasteiger partial charge in [-0.25, -0.2) is 4.39 Å². The molecule has 6 heteroatoms. The second-order valence-corrected chi connectivity index (χ2v) is 7.35. The molecule has 2 aromatic carbocycles. The number of halogens is 1. The van der Waals surface area contributed by atoms with Crippen LogP contribution in [0.3, 0.4) is 0 Å². The van der Waals surface area contributed by atoms with Gasteiger partial charge < -0.3 is 20.6 Å². The molecule has 0 radical (unpaired) electrons. The zero-order chi connectivity index (χ0) is 20.6. The Bertz CT molecular complexity index is 821. The molecule has 5 nitrogen and oxygen atoms in total. The second kappa shape index (κ2) is 10.1. The van der Waals surface area contributed by atoms with Crippen LogP contribution in [-0.2, 0) is 17.8 Å². The van der Waals surface area contributed by atoms with Crippen LogP contribution in [0.1, 0.15) is 30.4 Å². The monoisotopic (exact) mass is 397 g/mol. The number of anilines is 1. The van der Waals surface area contributed by atoms with Crippen molar-refractivity contribution in [2.75, 3.05) is 18.5 Å². The molecule has 0 bridgehead atoms. The smallest absolute Gasteiger partial charge is 0.227 e. The van der Waals surface area contributed by atoms with E-state index in [1.54, 1.807) is 12.1 Å². The van der Waals surface area contributed by atoms with Gasteiger partial charge in [-0.1, -0.05) is 30.8 Å². The molecule has 2 aromatic rings. The van der Waals surface area contributed by atoms with Crippen LogP contribution in [0.5, 0.6) is 0 Å². The summed E-state index contributed by atoms with van der Waals surface area (Å²) in [6.07, 6.45) is 3.00. The van der Waals surface area contributed by atoms with Crippen LogP contribution in [0.25, 0.3) is 0 Å². The Morgan fingerprint density at radius 2 is 1.83 bits per heavy atom. The van der Waals surface area contributed by atoms with Crippen LogP contribution >= 0.6 is 0 Å². The molecule has 29 heavy (non-hydrogen) atoms. The minimum atomic E-state index is -0.252. The van der Waals surface area contributed by atoms with Gasteiger partial charge in [-0.15, -0.1) is 0 Å². The Kier molecular flexibility index (Phi) is 7.25. The van der Waals surface area contributed by atoms with Crippen LogP contribution in [0, 0.1) is 5.82 Å². The highest BCUT2D eigenvalue weighted by Crippen LogP contribution is 2.21. The highest BCUT2D eigenvalue weighted by atomic mass is 19.1. The topological polar surface area (TPSA) is 64.6 Å².